The van der Waals surface area contributed by atoms with Gasteiger partial charge in [-0.05, 0) is 36.8 Å². The third-order valence-corrected chi connectivity index (χ3v) is 4.15. The van der Waals surface area contributed by atoms with Gasteiger partial charge in [0, 0.05) is 28.6 Å². The van der Waals surface area contributed by atoms with E-state index in [1.54, 1.807) is 6.08 Å². The molecule has 1 N–H and O–H groups in total. The molecule has 3 aromatic carbocycles. The monoisotopic (exact) mass is 327 g/mol. The van der Waals surface area contributed by atoms with Crippen molar-refractivity contribution in [3.8, 4) is 0 Å². The Morgan fingerprint density at radius 3 is 2.52 bits per heavy atom. The van der Waals surface area contributed by atoms with E-state index in [1.807, 2.05) is 73.7 Å². The number of rotatable bonds is 3. The molecule has 0 radical (unpaired) electrons. The highest BCUT2D eigenvalue weighted by molar-refractivity contribution is 6.07. The number of nitrogens with one attached hydrogen (secondary N) is 1. The van der Waals surface area contributed by atoms with Gasteiger partial charge in [-0.3, -0.25) is 4.79 Å². The van der Waals surface area contributed by atoms with Gasteiger partial charge >= 0.3 is 0 Å². The zero-order valence-electron chi connectivity index (χ0n) is 13.8. The molecule has 3 heteroatoms. The van der Waals surface area contributed by atoms with E-state index in [0.29, 0.717) is 5.69 Å². The lowest BCUT2D eigenvalue weighted by Gasteiger charge is -2.02. The molecule has 0 saturated carbocycles. The van der Waals surface area contributed by atoms with Crippen LogP contribution in [0.3, 0.4) is 0 Å². The molecule has 122 valence electrons. The van der Waals surface area contributed by atoms with Crippen molar-refractivity contribution in [2.24, 2.45) is 0 Å². The molecule has 1 amide bonds. The van der Waals surface area contributed by atoms with Crippen LogP contribution in [0, 0.1) is 6.92 Å². The summed E-state index contributed by atoms with van der Waals surface area (Å²) in [5.74, 6) is -0.170. The smallest absolute Gasteiger partial charge is 0.248 e. The summed E-state index contributed by atoms with van der Waals surface area (Å²) in [6.45, 7) is 2.04. The van der Waals surface area contributed by atoms with Crippen LogP contribution in [0.15, 0.2) is 77.2 Å². The highest BCUT2D eigenvalue weighted by Crippen LogP contribution is 2.30. The van der Waals surface area contributed by atoms with Crippen LogP contribution in [0.2, 0.25) is 0 Å². The van der Waals surface area contributed by atoms with Gasteiger partial charge in [0.2, 0.25) is 5.91 Å². The Bertz CT molecular complexity index is 1090. The Morgan fingerprint density at radius 1 is 0.920 bits per heavy atom. The van der Waals surface area contributed by atoms with Crippen molar-refractivity contribution in [1.82, 2.24) is 0 Å². The van der Waals surface area contributed by atoms with Gasteiger partial charge in [0.15, 0.2) is 0 Å². The fourth-order valence-electron chi connectivity index (χ4n) is 2.84. The first-order valence-electron chi connectivity index (χ1n) is 8.16. The molecule has 0 unspecified atom stereocenters. The molecular weight excluding hydrogens is 310 g/mol. The number of carbonyl (C=O) groups excluding carboxylic acids is 1. The Hall–Kier alpha value is -3.33. The number of carbonyl (C=O) groups is 1. The molecular formula is C22H17NO2. The highest BCUT2D eigenvalue weighted by Gasteiger charge is 2.07. The summed E-state index contributed by atoms with van der Waals surface area (Å²) in [6, 6.07) is 21.6. The standard InChI is InChI=1S/C22H17NO2/c1-15-6-8-16(9-7-15)10-13-22(24)23-17-11-12-19-18-4-2-3-5-20(18)25-21(19)14-17/h2-14H,1H3,(H,23,24)/b13-10+. The molecule has 0 aliphatic carbocycles. The second-order valence-corrected chi connectivity index (χ2v) is 6.04. The first-order valence-corrected chi connectivity index (χ1v) is 8.16. The Labute approximate surface area is 145 Å². The quantitative estimate of drug-likeness (QED) is 0.502. The van der Waals surface area contributed by atoms with Crippen LogP contribution in [-0.2, 0) is 4.79 Å². The predicted octanol–water partition coefficient (Wildman–Crippen LogP) is 5.55. The van der Waals surface area contributed by atoms with Crippen LogP contribution in [0.25, 0.3) is 28.0 Å². The average molecular weight is 327 g/mol. The number of anilines is 1. The summed E-state index contributed by atoms with van der Waals surface area (Å²) in [4.78, 5) is 12.1. The first kappa shape index (κ1) is 15.2. The number of hydrogen-bond acceptors (Lipinski definition) is 2. The molecule has 0 fully saturated rings. The van der Waals surface area contributed by atoms with Crippen molar-refractivity contribution in [1.29, 1.82) is 0 Å². The SMILES string of the molecule is Cc1ccc(/C=C/C(=O)Nc2ccc3c(c2)oc2ccccc23)cc1. The molecule has 0 saturated heterocycles. The van der Waals surface area contributed by atoms with Gasteiger partial charge in [-0.2, -0.15) is 0 Å². The van der Waals surface area contributed by atoms with Crippen LogP contribution >= 0.6 is 0 Å². The number of para-hydroxylation sites is 1. The summed E-state index contributed by atoms with van der Waals surface area (Å²) < 4.78 is 5.85. The molecule has 0 bridgehead atoms. The third kappa shape index (κ3) is 3.17. The lowest BCUT2D eigenvalue weighted by molar-refractivity contribution is -0.111. The predicted molar refractivity (Wildman–Crippen MR) is 103 cm³/mol. The maximum absolute atomic E-state index is 12.1. The Balaban J connectivity index is 1.54. The average Bonchev–Trinajstić information content (AvgIpc) is 2.99. The van der Waals surface area contributed by atoms with Crippen molar-refractivity contribution < 1.29 is 9.21 Å². The van der Waals surface area contributed by atoms with Crippen molar-refractivity contribution in [3.63, 3.8) is 0 Å². The number of aryl methyl sites for hydroxylation is 1. The van der Waals surface area contributed by atoms with E-state index in [0.717, 1.165) is 27.5 Å². The molecule has 1 aromatic heterocycles. The summed E-state index contributed by atoms with van der Waals surface area (Å²) in [6.07, 6.45) is 3.34. The van der Waals surface area contributed by atoms with Gasteiger partial charge in [0.25, 0.3) is 0 Å². The maximum atomic E-state index is 12.1. The summed E-state index contributed by atoms with van der Waals surface area (Å²) >= 11 is 0. The van der Waals surface area contributed by atoms with Gasteiger partial charge < -0.3 is 9.73 Å². The fraction of sp³-hybridized carbons (Fsp3) is 0.0455. The van der Waals surface area contributed by atoms with Gasteiger partial charge in [0.1, 0.15) is 11.2 Å². The molecule has 25 heavy (non-hydrogen) atoms. The third-order valence-electron chi connectivity index (χ3n) is 4.15. The number of benzene rings is 3. The first-order chi connectivity index (χ1) is 12.2. The van der Waals surface area contributed by atoms with Crippen molar-refractivity contribution in [2.45, 2.75) is 6.92 Å². The van der Waals surface area contributed by atoms with E-state index in [2.05, 4.69) is 5.32 Å². The summed E-state index contributed by atoms with van der Waals surface area (Å²) in [5, 5.41) is 5.00. The Kier molecular flexibility index (Phi) is 3.82. The van der Waals surface area contributed by atoms with E-state index in [-0.39, 0.29) is 5.91 Å². The lowest BCUT2D eigenvalue weighted by atomic mass is 10.1. The van der Waals surface area contributed by atoms with Crippen LogP contribution in [-0.4, -0.2) is 5.91 Å². The molecule has 0 atom stereocenters. The molecule has 3 nitrogen and oxygen atoms in total. The van der Waals surface area contributed by atoms with Gasteiger partial charge in [-0.1, -0.05) is 48.0 Å². The van der Waals surface area contributed by atoms with Crippen LogP contribution < -0.4 is 5.32 Å². The highest BCUT2D eigenvalue weighted by atomic mass is 16.3. The number of amides is 1. The minimum absolute atomic E-state index is 0.170. The lowest BCUT2D eigenvalue weighted by Crippen LogP contribution is -2.07. The topological polar surface area (TPSA) is 42.2 Å². The maximum Gasteiger partial charge on any atom is 0.248 e. The zero-order valence-corrected chi connectivity index (χ0v) is 13.8. The second kappa shape index (κ2) is 6.29. The number of fused-ring (bicyclic) bond motifs is 3. The van der Waals surface area contributed by atoms with Gasteiger partial charge in [-0.15, -0.1) is 0 Å². The second-order valence-electron chi connectivity index (χ2n) is 6.04. The largest absolute Gasteiger partial charge is 0.456 e. The molecule has 4 aromatic rings. The van der Waals surface area contributed by atoms with E-state index in [9.17, 15) is 4.79 Å². The van der Waals surface area contributed by atoms with Crippen molar-refractivity contribution >= 4 is 39.6 Å². The van der Waals surface area contributed by atoms with E-state index in [4.69, 9.17) is 4.42 Å². The number of hydrogen-bond donors (Lipinski definition) is 1. The van der Waals surface area contributed by atoms with E-state index in [1.165, 1.54) is 11.6 Å². The van der Waals surface area contributed by atoms with Crippen molar-refractivity contribution in [3.05, 3.63) is 83.9 Å². The molecule has 0 aliphatic rings. The zero-order chi connectivity index (χ0) is 17.2. The summed E-state index contributed by atoms with van der Waals surface area (Å²) in [7, 11) is 0. The minimum atomic E-state index is -0.170. The fourth-order valence-corrected chi connectivity index (χ4v) is 2.84. The number of furan rings is 1. The van der Waals surface area contributed by atoms with E-state index >= 15 is 0 Å². The van der Waals surface area contributed by atoms with Crippen molar-refractivity contribution in [2.75, 3.05) is 5.32 Å². The summed E-state index contributed by atoms with van der Waals surface area (Å²) in [5.41, 5.74) is 4.51. The molecule has 1 heterocycles. The molecule has 0 aliphatic heterocycles. The molecule has 0 spiro atoms. The minimum Gasteiger partial charge on any atom is -0.456 e. The molecule has 4 rings (SSSR count). The Morgan fingerprint density at radius 2 is 1.68 bits per heavy atom. The van der Waals surface area contributed by atoms with Gasteiger partial charge in [-0.25, -0.2) is 0 Å². The van der Waals surface area contributed by atoms with Crippen LogP contribution in [0.5, 0.6) is 0 Å². The van der Waals surface area contributed by atoms with Crippen LogP contribution in [0.1, 0.15) is 11.1 Å². The van der Waals surface area contributed by atoms with Crippen LogP contribution in [0.4, 0.5) is 5.69 Å². The van der Waals surface area contributed by atoms with Gasteiger partial charge in [0.05, 0.1) is 0 Å². The normalized spacial score (nSPS) is 11.4. The van der Waals surface area contributed by atoms with E-state index < -0.39 is 0 Å².